The standard InChI is InChI=1S/C28H35O6S.C24BF20/c1-29-16-18-31-20-22-33-25-12-6-8-14-27(25)35(24-10-4-3-5-11-24)28-15-9-7-13-26(28)34-23-21-32-19-17-30-2;26-5-1(6(27)14(35)21(42)13(5)34)25(2-7(28)15(36)22(43)16(37)8(2)29,3-9(30)17(38)23(44)18(39)10(3)31)4-11(32)19(40)24(45)20(41)12(4)33/h3-15H,16-23H2,1-2H3;/q+1;-1. The predicted molar refractivity (Wildman–Crippen MR) is 247 cm³/mol. The molecule has 0 aliphatic carbocycles. The largest absolute Gasteiger partial charge is 0.486 e. The second kappa shape index (κ2) is 27.0. The number of methoxy groups -OCH3 is 2. The summed E-state index contributed by atoms with van der Waals surface area (Å²) in [6.07, 6.45) is -7.22. The fourth-order valence-corrected chi connectivity index (χ4v) is 10.4. The smallest absolute Gasteiger partial charge is 0.208 e. The van der Waals surface area contributed by atoms with E-state index in [0.717, 1.165) is 21.3 Å². The van der Waals surface area contributed by atoms with Gasteiger partial charge in [0.1, 0.15) is 76.8 Å². The summed E-state index contributed by atoms with van der Waals surface area (Å²) in [5.74, 6) is -69.7. The van der Waals surface area contributed by atoms with Crippen LogP contribution in [0.4, 0.5) is 87.8 Å². The second-order valence-corrected chi connectivity index (χ2v) is 18.2. The van der Waals surface area contributed by atoms with Gasteiger partial charge >= 0.3 is 0 Å². The first kappa shape index (κ1) is 62.2. The summed E-state index contributed by atoms with van der Waals surface area (Å²) in [7, 11) is 2.90. The molecule has 0 aliphatic rings. The lowest BCUT2D eigenvalue weighted by molar-refractivity contribution is 0.0538. The summed E-state index contributed by atoms with van der Waals surface area (Å²) >= 11 is 0. The lowest BCUT2D eigenvalue weighted by atomic mass is 9.12. The summed E-state index contributed by atoms with van der Waals surface area (Å²) in [6, 6.07) is 26.8. The van der Waals surface area contributed by atoms with Gasteiger partial charge in [0.25, 0.3) is 0 Å². The first-order chi connectivity index (χ1) is 38.0. The molecule has 0 saturated carbocycles. The van der Waals surface area contributed by atoms with Crippen molar-refractivity contribution in [3.05, 3.63) is 195 Å². The molecule has 0 heterocycles. The zero-order chi connectivity index (χ0) is 58.9. The second-order valence-electron chi connectivity index (χ2n) is 16.2. The minimum absolute atomic E-state index is 0.430. The van der Waals surface area contributed by atoms with E-state index in [9.17, 15) is 52.7 Å². The molecule has 0 saturated heterocycles. The third-order valence-corrected chi connectivity index (χ3v) is 14.0. The average molecular weight is 1180 g/mol. The molecule has 0 amide bonds. The number of hydrogen-bond donors (Lipinski definition) is 0. The number of hydrogen-bond acceptors (Lipinski definition) is 6. The van der Waals surface area contributed by atoms with Crippen LogP contribution in [0, 0.1) is 116 Å². The molecule has 0 N–H and O–H groups in total. The van der Waals surface area contributed by atoms with Crippen molar-refractivity contribution in [1.29, 1.82) is 0 Å². The molecule has 0 unspecified atom stereocenters. The molecule has 7 rings (SSSR count). The van der Waals surface area contributed by atoms with Gasteiger partial charge in [-0.2, -0.15) is 0 Å². The summed E-state index contributed by atoms with van der Waals surface area (Å²) in [5.41, 5.74) is -14.3. The zero-order valence-electron chi connectivity index (χ0n) is 40.7. The lowest BCUT2D eigenvalue weighted by Crippen LogP contribution is -2.81. The highest BCUT2D eigenvalue weighted by Gasteiger charge is 2.52. The highest BCUT2D eigenvalue weighted by atomic mass is 32.2. The Morgan fingerprint density at radius 1 is 0.287 bits per heavy atom. The van der Waals surface area contributed by atoms with E-state index in [1.54, 1.807) is 14.2 Å². The highest BCUT2D eigenvalue weighted by molar-refractivity contribution is 7.97. The SMILES string of the molecule is COCCOCCOc1ccccc1[S+](c1ccccc1)c1ccccc1OCCOCCOC.Fc1c(F)c(F)c([B-](c2c(F)c(F)c(F)c(F)c2F)(c2c(F)c(F)c(F)c(F)c2F)c2c(F)c(F)c(F)c(F)c2F)c(F)c1F. The Bertz CT molecular complexity index is 2920. The molecule has 0 spiro atoms. The zero-order valence-corrected chi connectivity index (χ0v) is 41.5. The van der Waals surface area contributed by atoms with Gasteiger partial charge in [-0.1, -0.05) is 42.5 Å². The Kier molecular flexibility index (Phi) is 21.0. The molecule has 0 aliphatic heterocycles. The van der Waals surface area contributed by atoms with Crippen molar-refractivity contribution in [2.24, 2.45) is 0 Å². The third-order valence-electron chi connectivity index (χ3n) is 11.7. The molecule has 0 bridgehead atoms. The van der Waals surface area contributed by atoms with E-state index in [-0.39, 0.29) is 0 Å². The van der Waals surface area contributed by atoms with E-state index in [4.69, 9.17) is 28.4 Å². The van der Waals surface area contributed by atoms with Gasteiger partial charge < -0.3 is 28.4 Å². The fraction of sp³-hybridized carbons (Fsp3) is 0.192. The molecular weight excluding hydrogens is 1140 g/mol. The Hall–Kier alpha value is -7.01. The Balaban J connectivity index is 0.000000266. The first-order valence-corrected chi connectivity index (χ1v) is 23.9. The topological polar surface area (TPSA) is 55.4 Å². The highest BCUT2D eigenvalue weighted by Crippen LogP contribution is 2.41. The van der Waals surface area contributed by atoms with E-state index >= 15 is 35.1 Å². The van der Waals surface area contributed by atoms with Crippen molar-refractivity contribution in [1.82, 2.24) is 0 Å². The van der Waals surface area contributed by atoms with Crippen LogP contribution in [0.1, 0.15) is 0 Å². The van der Waals surface area contributed by atoms with Crippen molar-refractivity contribution < 1.29 is 116 Å². The van der Waals surface area contributed by atoms with Gasteiger partial charge in [-0.05, 0) is 36.4 Å². The molecule has 80 heavy (non-hydrogen) atoms. The molecular formula is C52H35BF20O6S. The van der Waals surface area contributed by atoms with Crippen molar-refractivity contribution in [2.45, 2.75) is 14.7 Å². The summed E-state index contributed by atoms with van der Waals surface area (Å²) in [4.78, 5) is 3.39. The Labute approximate surface area is 442 Å². The first-order valence-electron chi connectivity index (χ1n) is 22.6. The van der Waals surface area contributed by atoms with Gasteiger partial charge in [0.15, 0.2) is 86.2 Å². The third kappa shape index (κ3) is 11.9. The van der Waals surface area contributed by atoms with Crippen LogP contribution in [0.3, 0.4) is 0 Å². The molecule has 428 valence electrons. The van der Waals surface area contributed by atoms with Crippen LogP contribution in [0.25, 0.3) is 0 Å². The molecule has 7 aromatic rings. The quantitative estimate of drug-likeness (QED) is 0.0179. The fourth-order valence-electron chi connectivity index (χ4n) is 8.19. The maximum absolute atomic E-state index is 15.4. The van der Waals surface area contributed by atoms with Gasteiger partial charge in [-0.3, -0.25) is 0 Å². The van der Waals surface area contributed by atoms with Crippen molar-refractivity contribution in [2.75, 3.05) is 67.1 Å². The van der Waals surface area contributed by atoms with Gasteiger partial charge in [0, 0.05) is 14.2 Å². The Morgan fingerprint density at radius 2 is 0.525 bits per heavy atom. The molecule has 0 atom stereocenters. The molecule has 0 fully saturated rings. The molecule has 7 aromatic carbocycles. The average Bonchev–Trinajstić information content (AvgIpc) is 3.47. The number of para-hydroxylation sites is 2. The van der Waals surface area contributed by atoms with Gasteiger partial charge in [0.2, 0.25) is 9.79 Å². The molecule has 6 nitrogen and oxygen atoms in total. The van der Waals surface area contributed by atoms with Crippen molar-refractivity contribution in [3.63, 3.8) is 0 Å². The summed E-state index contributed by atoms with van der Waals surface area (Å²) < 4.78 is 328. The van der Waals surface area contributed by atoms with E-state index in [1.165, 1.54) is 4.90 Å². The molecule has 28 heteroatoms. The maximum Gasteiger partial charge on any atom is 0.208 e. The van der Waals surface area contributed by atoms with Crippen LogP contribution in [0.5, 0.6) is 11.5 Å². The van der Waals surface area contributed by atoms with E-state index in [2.05, 4.69) is 36.4 Å². The minimum atomic E-state index is -7.22. The maximum atomic E-state index is 15.4. The number of halogens is 20. The lowest BCUT2D eigenvalue weighted by Gasteiger charge is -2.44. The van der Waals surface area contributed by atoms with Crippen molar-refractivity contribution in [3.8, 4) is 11.5 Å². The van der Waals surface area contributed by atoms with Crippen LogP contribution in [0.15, 0.2) is 93.5 Å². The van der Waals surface area contributed by atoms with Gasteiger partial charge in [-0.25, -0.2) is 87.8 Å². The van der Waals surface area contributed by atoms with E-state index < -0.39 is 155 Å². The van der Waals surface area contributed by atoms with Crippen LogP contribution < -0.4 is 31.3 Å². The van der Waals surface area contributed by atoms with Gasteiger partial charge in [0.05, 0.1) is 39.6 Å². The number of ether oxygens (including phenoxy) is 6. The normalized spacial score (nSPS) is 11.6. The molecule has 0 aromatic heterocycles. The monoisotopic (exact) mass is 1180 g/mol. The van der Waals surface area contributed by atoms with Crippen LogP contribution >= 0.6 is 0 Å². The van der Waals surface area contributed by atoms with Crippen LogP contribution in [-0.2, 0) is 29.8 Å². The van der Waals surface area contributed by atoms with Crippen molar-refractivity contribution >= 4 is 38.9 Å². The van der Waals surface area contributed by atoms with E-state index in [1.807, 2.05) is 42.5 Å². The number of rotatable bonds is 21. The Morgan fingerprint density at radius 3 is 0.800 bits per heavy atom. The molecule has 0 radical (unpaired) electrons. The van der Waals surface area contributed by atoms with Crippen LogP contribution in [0.2, 0.25) is 0 Å². The van der Waals surface area contributed by atoms with Crippen LogP contribution in [-0.4, -0.2) is 73.2 Å². The number of benzene rings is 7. The summed E-state index contributed by atoms with van der Waals surface area (Å²) in [6.45, 7) is 4.17. The predicted octanol–water partition coefficient (Wildman–Crippen LogP) is 10.7. The van der Waals surface area contributed by atoms with Gasteiger partial charge in [-0.15, -0.1) is 21.9 Å². The minimum Gasteiger partial charge on any atom is -0.486 e. The summed E-state index contributed by atoms with van der Waals surface area (Å²) in [5, 5.41) is 0. The van der Waals surface area contributed by atoms with E-state index in [0.29, 0.717) is 52.9 Å².